The number of amidine groups is 1. The molecule has 1 amide bonds. The lowest BCUT2D eigenvalue weighted by Crippen LogP contribution is -2.37. The van der Waals surface area contributed by atoms with Gasteiger partial charge >= 0.3 is 0 Å². The van der Waals surface area contributed by atoms with Crippen molar-refractivity contribution in [3.8, 4) is 0 Å². The molecule has 1 aliphatic heterocycles. The molecule has 1 aliphatic carbocycles. The zero-order chi connectivity index (χ0) is 18.1. The molecule has 4 rings (SSSR count). The number of thioether (sulfide) groups is 1. The summed E-state index contributed by atoms with van der Waals surface area (Å²) in [6.45, 7) is 0. The molecule has 7 heteroatoms. The Morgan fingerprint density at radius 2 is 2.23 bits per heavy atom. The van der Waals surface area contributed by atoms with E-state index in [4.69, 9.17) is 5.73 Å². The molecule has 0 spiro atoms. The number of carbonyl (C=O) groups excluding carboxylic acids is 1. The average Bonchev–Trinajstić information content (AvgIpc) is 3.07. The minimum absolute atomic E-state index is 0.260. The Kier molecular flexibility index (Phi) is 4.40. The number of halogens is 1. The Morgan fingerprint density at radius 1 is 1.35 bits per heavy atom. The van der Waals surface area contributed by atoms with Crippen LogP contribution in [0.4, 0.5) is 10.1 Å². The van der Waals surface area contributed by atoms with E-state index in [9.17, 15) is 9.18 Å². The normalized spacial score (nSPS) is 24.7. The second-order valence-corrected chi connectivity index (χ2v) is 7.68. The highest BCUT2D eigenvalue weighted by atomic mass is 32.2. The Bertz CT molecular complexity index is 873. The van der Waals surface area contributed by atoms with Crippen LogP contribution in [-0.2, 0) is 5.54 Å². The molecule has 2 aliphatic rings. The highest BCUT2D eigenvalue weighted by Gasteiger charge is 2.48. The van der Waals surface area contributed by atoms with Crippen molar-refractivity contribution >= 4 is 28.5 Å². The molecule has 26 heavy (non-hydrogen) atoms. The number of nitrogens with zero attached hydrogens (tertiary/aromatic N) is 2. The smallest absolute Gasteiger partial charge is 0.274 e. The molecule has 0 unspecified atom stereocenters. The van der Waals surface area contributed by atoms with Gasteiger partial charge < -0.3 is 11.1 Å². The van der Waals surface area contributed by atoms with Crippen molar-refractivity contribution in [1.82, 2.24) is 4.98 Å². The maximum atomic E-state index is 14.7. The van der Waals surface area contributed by atoms with E-state index in [1.54, 1.807) is 36.5 Å². The summed E-state index contributed by atoms with van der Waals surface area (Å²) in [6.07, 6.45) is 4.33. The van der Waals surface area contributed by atoms with Gasteiger partial charge in [-0.1, -0.05) is 24.2 Å². The third-order valence-electron chi connectivity index (χ3n) is 5.12. The van der Waals surface area contributed by atoms with Gasteiger partial charge in [0.1, 0.15) is 11.5 Å². The van der Waals surface area contributed by atoms with Crippen molar-refractivity contribution in [2.75, 3.05) is 11.1 Å². The lowest BCUT2D eigenvalue weighted by Gasteiger charge is -2.36. The van der Waals surface area contributed by atoms with E-state index in [1.807, 2.05) is 0 Å². The van der Waals surface area contributed by atoms with E-state index in [1.165, 1.54) is 17.8 Å². The van der Waals surface area contributed by atoms with Crippen LogP contribution in [0.3, 0.4) is 0 Å². The molecule has 1 aromatic carbocycles. The summed E-state index contributed by atoms with van der Waals surface area (Å²) in [5, 5.41) is 3.30. The Labute approximate surface area is 155 Å². The van der Waals surface area contributed by atoms with Gasteiger partial charge in [0, 0.05) is 23.2 Å². The molecule has 2 atom stereocenters. The van der Waals surface area contributed by atoms with Gasteiger partial charge in [0.05, 0.1) is 5.54 Å². The largest absolute Gasteiger partial charge is 0.379 e. The number of nitrogens with two attached hydrogens (primary N) is 1. The first kappa shape index (κ1) is 17.0. The summed E-state index contributed by atoms with van der Waals surface area (Å²) in [4.78, 5) is 21.1. The maximum Gasteiger partial charge on any atom is 0.274 e. The van der Waals surface area contributed by atoms with E-state index in [0.717, 1.165) is 25.0 Å². The van der Waals surface area contributed by atoms with Gasteiger partial charge in [-0.05, 0) is 49.1 Å². The number of hydrogen-bond acceptors (Lipinski definition) is 5. The van der Waals surface area contributed by atoms with Crippen LogP contribution in [-0.4, -0.2) is 21.8 Å². The van der Waals surface area contributed by atoms with Crippen molar-refractivity contribution in [2.24, 2.45) is 16.6 Å². The molecule has 0 saturated heterocycles. The molecule has 2 aromatic rings. The zero-order valence-corrected chi connectivity index (χ0v) is 14.9. The second kappa shape index (κ2) is 6.72. The van der Waals surface area contributed by atoms with Gasteiger partial charge in [0.15, 0.2) is 5.17 Å². The topological polar surface area (TPSA) is 80.4 Å². The first-order valence-electron chi connectivity index (χ1n) is 8.59. The molecular formula is C19H19FN4OS. The molecule has 1 aromatic heterocycles. The summed E-state index contributed by atoms with van der Waals surface area (Å²) >= 11 is 1.53. The third kappa shape index (κ3) is 2.96. The summed E-state index contributed by atoms with van der Waals surface area (Å²) in [6, 6.07) is 9.77. The van der Waals surface area contributed by atoms with Gasteiger partial charge in [0.2, 0.25) is 0 Å². The number of nitrogens with one attached hydrogen (secondary N) is 1. The SMILES string of the molecule is NC1=N[C@@]2(c3cc(NC(=O)c4ccccn4)ccc3F)CCC[C@H]2CS1. The molecule has 0 radical (unpaired) electrons. The molecule has 5 nitrogen and oxygen atoms in total. The zero-order valence-electron chi connectivity index (χ0n) is 14.1. The molecule has 134 valence electrons. The maximum absolute atomic E-state index is 14.7. The standard InChI is InChI=1S/C19H19FN4OS/c20-15-7-6-13(23-17(25)16-5-1-2-9-22-16)10-14(15)19-8-3-4-12(19)11-26-18(21)24-19/h1-2,5-7,9-10,12H,3-4,8,11H2,(H2,21,24)(H,23,25)/t12-,19-/m0/s1. The van der Waals surface area contributed by atoms with Crippen LogP contribution in [0.5, 0.6) is 0 Å². The van der Waals surface area contributed by atoms with E-state index in [2.05, 4.69) is 15.3 Å². The summed E-state index contributed by atoms with van der Waals surface area (Å²) < 4.78 is 14.7. The van der Waals surface area contributed by atoms with Gasteiger partial charge in [-0.2, -0.15) is 0 Å². The Morgan fingerprint density at radius 3 is 3.04 bits per heavy atom. The Hall–Kier alpha value is -2.41. The number of aromatic nitrogens is 1. The molecular weight excluding hydrogens is 351 g/mol. The number of fused-ring (bicyclic) bond motifs is 1. The van der Waals surface area contributed by atoms with Crippen LogP contribution in [0.1, 0.15) is 35.3 Å². The molecule has 0 bridgehead atoms. The molecule has 3 N–H and O–H groups in total. The number of benzene rings is 1. The average molecular weight is 370 g/mol. The van der Waals surface area contributed by atoms with Gasteiger partial charge in [0.25, 0.3) is 5.91 Å². The van der Waals surface area contributed by atoms with Crippen LogP contribution in [0.2, 0.25) is 0 Å². The van der Waals surface area contributed by atoms with E-state index in [0.29, 0.717) is 22.1 Å². The van der Waals surface area contributed by atoms with Crippen LogP contribution < -0.4 is 11.1 Å². The van der Waals surface area contributed by atoms with Crippen LogP contribution in [0, 0.1) is 11.7 Å². The van der Waals surface area contributed by atoms with Crippen molar-refractivity contribution in [1.29, 1.82) is 0 Å². The third-order valence-corrected chi connectivity index (χ3v) is 6.07. The number of hydrogen-bond donors (Lipinski definition) is 2. The predicted octanol–water partition coefficient (Wildman–Crippen LogP) is 3.53. The van der Waals surface area contributed by atoms with Gasteiger partial charge in [-0.3, -0.25) is 14.8 Å². The fourth-order valence-corrected chi connectivity index (χ4v) is 4.93. The summed E-state index contributed by atoms with van der Waals surface area (Å²) in [7, 11) is 0. The van der Waals surface area contributed by atoms with Crippen molar-refractivity contribution in [2.45, 2.75) is 24.8 Å². The van der Waals surface area contributed by atoms with Crippen LogP contribution in [0.25, 0.3) is 0 Å². The highest BCUT2D eigenvalue weighted by Crippen LogP contribution is 2.51. The first-order valence-corrected chi connectivity index (χ1v) is 9.57. The Balaban J connectivity index is 1.69. The fourth-order valence-electron chi connectivity index (χ4n) is 3.89. The summed E-state index contributed by atoms with van der Waals surface area (Å²) in [5.74, 6) is 0.470. The van der Waals surface area contributed by atoms with Gasteiger partial charge in [-0.15, -0.1) is 0 Å². The van der Waals surface area contributed by atoms with Gasteiger partial charge in [-0.25, -0.2) is 4.39 Å². The quantitative estimate of drug-likeness (QED) is 0.866. The van der Waals surface area contributed by atoms with E-state index >= 15 is 0 Å². The lowest BCUT2D eigenvalue weighted by atomic mass is 9.81. The van der Waals surface area contributed by atoms with Crippen LogP contribution >= 0.6 is 11.8 Å². The molecule has 2 heterocycles. The first-order chi connectivity index (χ1) is 12.6. The second-order valence-electron chi connectivity index (χ2n) is 6.64. The van der Waals surface area contributed by atoms with Crippen LogP contribution in [0.15, 0.2) is 47.6 Å². The fraction of sp³-hybridized carbons (Fsp3) is 0.316. The van der Waals surface area contributed by atoms with Crippen molar-refractivity contribution in [3.05, 3.63) is 59.7 Å². The highest BCUT2D eigenvalue weighted by molar-refractivity contribution is 8.13. The lowest BCUT2D eigenvalue weighted by molar-refractivity contribution is 0.102. The van der Waals surface area contributed by atoms with E-state index < -0.39 is 5.54 Å². The number of rotatable bonds is 3. The monoisotopic (exact) mass is 370 g/mol. The van der Waals surface area contributed by atoms with Crippen molar-refractivity contribution < 1.29 is 9.18 Å². The van der Waals surface area contributed by atoms with E-state index in [-0.39, 0.29) is 17.6 Å². The molecule has 1 fully saturated rings. The number of amides is 1. The van der Waals surface area contributed by atoms with Crippen molar-refractivity contribution in [3.63, 3.8) is 0 Å². The number of pyridine rings is 1. The summed E-state index contributed by atoms with van der Waals surface area (Å²) in [5.41, 5.74) is 6.71. The minimum Gasteiger partial charge on any atom is -0.379 e. The predicted molar refractivity (Wildman–Crippen MR) is 102 cm³/mol. The number of aliphatic imine (C=N–C) groups is 1. The number of carbonyl (C=O) groups is 1. The minimum atomic E-state index is -0.620. The number of anilines is 1. The molecule has 1 saturated carbocycles.